The Bertz CT molecular complexity index is 489. The van der Waals surface area contributed by atoms with Crippen molar-refractivity contribution in [3.05, 3.63) is 17.4 Å². The van der Waals surface area contributed by atoms with Gasteiger partial charge in [0.15, 0.2) is 11.6 Å². The summed E-state index contributed by atoms with van der Waals surface area (Å²) in [6, 6.07) is 0. The molecule has 2 N–H and O–H groups in total. The number of nitrogens with two attached hydrogens (primary N) is 1. The van der Waals surface area contributed by atoms with Crippen LogP contribution in [0.3, 0.4) is 0 Å². The van der Waals surface area contributed by atoms with Crippen molar-refractivity contribution in [2.24, 2.45) is 0 Å². The maximum Gasteiger partial charge on any atom is 0.248 e. The van der Waals surface area contributed by atoms with Crippen molar-refractivity contribution in [2.75, 3.05) is 5.73 Å². The van der Waals surface area contributed by atoms with Crippen LogP contribution in [0.5, 0.6) is 0 Å². The predicted molar refractivity (Wildman–Crippen MR) is 61.2 cm³/mol. The molecule has 7 nitrogen and oxygen atoms in total. The molecular weight excluding hydrogens is 220 g/mol. The van der Waals surface area contributed by atoms with Crippen molar-refractivity contribution < 1.29 is 4.52 Å². The van der Waals surface area contributed by atoms with Gasteiger partial charge in [0, 0.05) is 6.42 Å². The topological polar surface area (TPSA) is 95.7 Å². The second kappa shape index (κ2) is 4.94. The van der Waals surface area contributed by atoms with Gasteiger partial charge in [-0.15, -0.1) is 5.10 Å². The van der Waals surface area contributed by atoms with Crippen molar-refractivity contribution in [1.29, 1.82) is 0 Å². The van der Waals surface area contributed by atoms with Gasteiger partial charge in [0.1, 0.15) is 6.54 Å². The van der Waals surface area contributed by atoms with Crippen LogP contribution >= 0.6 is 0 Å². The van der Waals surface area contributed by atoms with Gasteiger partial charge in [-0.05, 0) is 13.3 Å². The Balaban J connectivity index is 2.04. The van der Waals surface area contributed by atoms with Gasteiger partial charge in [0.2, 0.25) is 5.89 Å². The molecule has 0 aromatic carbocycles. The predicted octanol–water partition coefficient (Wildman–Crippen LogP) is 0.943. The fraction of sp³-hybridized carbons (Fsp3) is 0.600. The normalized spacial score (nSPS) is 10.9. The second-order valence-electron chi connectivity index (χ2n) is 3.93. The smallest absolute Gasteiger partial charge is 0.248 e. The summed E-state index contributed by atoms with van der Waals surface area (Å²) in [6.45, 7) is 4.39. The van der Waals surface area contributed by atoms with Gasteiger partial charge in [-0.3, -0.25) is 0 Å². The monoisotopic (exact) mass is 236 g/mol. The molecule has 0 atom stereocenters. The number of nitrogen functional groups attached to an aromatic ring is 1. The summed E-state index contributed by atoms with van der Waals surface area (Å²) < 4.78 is 6.78. The zero-order valence-corrected chi connectivity index (χ0v) is 10.1. The molecule has 0 amide bonds. The molecule has 7 heteroatoms. The lowest BCUT2D eigenvalue weighted by Crippen LogP contribution is -2.04. The lowest BCUT2D eigenvalue weighted by Gasteiger charge is -1.97. The van der Waals surface area contributed by atoms with Crippen LogP contribution in [0.1, 0.15) is 37.2 Å². The molecule has 0 aliphatic rings. The first-order chi connectivity index (χ1) is 8.20. The minimum Gasteiger partial charge on any atom is -0.381 e. The number of aromatic nitrogens is 5. The number of nitrogens with zero attached hydrogens (tertiary/aromatic N) is 5. The van der Waals surface area contributed by atoms with E-state index in [4.69, 9.17) is 10.3 Å². The molecule has 0 saturated heterocycles. The van der Waals surface area contributed by atoms with Crippen molar-refractivity contribution >= 4 is 5.82 Å². The van der Waals surface area contributed by atoms with Crippen molar-refractivity contribution in [3.8, 4) is 0 Å². The van der Waals surface area contributed by atoms with Crippen LogP contribution in [0.2, 0.25) is 0 Å². The molecule has 0 aliphatic carbocycles. The van der Waals surface area contributed by atoms with Crippen LogP contribution in [0.4, 0.5) is 5.82 Å². The molecule has 0 saturated carbocycles. The average molecular weight is 236 g/mol. The van der Waals surface area contributed by atoms with Gasteiger partial charge >= 0.3 is 0 Å². The van der Waals surface area contributed by atoms with Gasteiger partial charge in [0.05, 0.1) is 5.69 Å². The van der Waals surface area contributed by atoms with Crippen LogP contribution in [0.25, 0.3) is 0 Å². The lowest BCUT2D eigenvalue weighted by molar-refractivity contribution is 0.358. The van der Waals surface area contributed by atoms with Crippen LogP contribution < -0.4 is 5.73 Å². The van der Waals surface area contributed by atoms with E-state index in [2.05, 4.69) is 27.4 Å². The Morgan fingerprint density at radius 2 is 2.24 bits per heavy atom. The molecule has 2 heterocycles. The van der Waals surface area contributed by atoms with Gasteiger partial charge in [-0.2, -0.15) is 4.98 Å². The largest absolute Gasteiger partial charge is 0.381 e. The highest BCUT2D eigenvalue weighted by atomic mass is 16.5. The van der Waals surface area contributed by atoms with Crippen molar-refractivity contribution in [3.63, 3.8) is 0 Å². The SMILES string of the molecule is CCCCc1noc(Cn2nnc(N)c2C)n1. The molecule has 0 fully saturated rings. The molecule has 0 unspecified atom stereocenters. The highest BCUT2D eigenvalue weighted by Gasteiger charge is 2.10. The van der Waals surface area contributed by atoms with Gasteiger partial charge in [-0.25, -0.2) is 4.68 Å². The first-order valence-electron chi connectivity index (χ1n) is 5.67. The number of anilines is 1. The molecule has 0 spiro atoms. The quantitative estimate of drug-likeness (QED) is 0.830. The van der Waals surface area contributed by atoms with E-state index < -0.39 is 0 Å². The Morgan fingerprint density at radius 3 is 2.88 bits per heavy atom. The molecule has 17 heavy (non-hydrogen) atoms. The fourth-order valence-corrected chi connectivity index (χ4v) is 1.44. The zero-order chi connectivity index (χ0) is 12.3. The van der Waals surface area contributed by atoms with E-state index in [0.717, 1.165) is 30.8 Å². The molecule has 2 aromatic heterocycles. The highest BCUT2D eigenvalue weighted by Crippen LogP contribution is 2.08. The first-order valence-corrected chi connectivity index (χ1v) is 5.67. The zero-order valence-electron chi connectivity index (χ0n) is 10.1. The van der Waals surface area contributed by atoms with Crippen LogP contribution in [-0.2, 0) is 13.0 Å². The van der Waals surface area contributed by atoms with E-state index in [1.54, 1.807) is 4.68 Å². The molecule has 92 valence electrons. The number of unbranched alkanes of at least 4 members (excludes halogenated alkanes) is 1. The van der Waals surface area contributed by atoms with Gasteiger partial charge in [0.25, 0.3) is 0 Å². The lowest BCUT2D eigenvalue weighted by atomic mass is 10.2. The van der Waals surface area contributed by atoms with Crippen molar-refractivity contribution in [2.45, 2.75) is 39.7 Å². The molecule has 0 aliphatic heterocycles. The third-order valence-electron chi connectivity index (χ3n) is 2.57. The number of hydrogen-bond donors (Lipinski definition) is 1. The maximum atomic E-state index is 5.60. The summed E-state index contributed by atoms with van der Waals surface area (Å²) in [7, 11) is 0. The van der Waals surface area contributed by atoms with E-state index in [9.17, 15) is 0 Å². The summed E-state index contributed by atoms with van der Waals surface area (Å²) in [4.78, 5) is 4.29. The maximum absolute atomic E-state index is 5.60. The minimum atomic E-state index is 0.412. The Hall–Kier alpha value is -1.92. The summed E-state index contributed by atoms with van der Waals surface area (Å²) in [5, 5.41) is 11.6. The number of aryl methyl sites for hydroxylation is 1. The molecule has 0 bridgehead atoms. The van der Waals surface area contributed by atoms with Crippen LogP contribution in [0.15, 0.2) is 4.52 Å². The third-order valence-corrected chi connectivity index (χ3v) is 2.57. The van der Waals surface area contributed by atoms with Gasteiger partial charge in [-0.1, -0.05) is 23.7 Å². The first kappa shape index (κ1) is 11.6. The molecular formula is C10H16N6O. The standard InChI is InChI=1S/C10H16N6O/c1-3-4-5-8-12-9(17-14-8)6-16-7(2)10(11)13-15-16/h3-6,11H2,1-2H3. The van der Waals surface area contributed by atoms with E-state index in [0.29, 0.717) is 18.3 Å². The fourth-order valence-electron chi connectivity index (χ4n) is 1.44. The Kier molecular flexibility index (Phi) is 3.36. The van der Waals surface area contributed by atoms with Crippen LogP contribution in [0, 0.1) is 6.92 Å². The third kappa shape index (κ3) is 2.61. The molecule has 2 aromatic rings. The summed E-state index contributed by atoms with van der Waals surface area (Å²) in [5.41, 5.74) is 6.41. The van der Waals surface area contributed by atoms with E-state index >= 15 is 0 Å². The van der Waals surface area contributed by atoms with E-state index in [1.165, 1.54) is 0 Å². The Labute approximate surface area is 99.0 Å². The van der Waals surface area contributed by atoms with Crippen LogP contribution in [-0.4, -0.2) is 25.1 Å². The molecule has 0 radical (unpaired) electrons. The van der Waals surface area contributed by atoms with E-state index in [-0.39, 0.29) is 0 Å². The molecule has 2 rings (SSSR count). The van der Waals surface area contributed by atoms with Crippen molar-refractivity contribution in [1.82, 2.24) is 25.1 Å². The highest BCUT2D eigenvalue weighted by molar-refractivity contribution is 5.31. The Morgan fingerprint density at radius 1 is 1.41 bits per heavy atom. The number of hydrogen-bond acceptors (Lipinski definition) is 6. The average Bonchev–Trinajstić information content (AvgIpc) is 2.89. The van der Waals surface area contributed by atoms with E-state index in [1.807, 2.05) is 6.92 Å². The summed E-state index contributed by atoms with van der Waals surface area (Å²) in [6.07, 6.45) is 3.02. The second-order valence-corrected chi connectivity index (χ2v) is 3.93. The van der Waals surface area contributed by atoms with Gasteiger partial charge < -0.3 is 10.3 Å². The minimum absolute atomic E-state index is 0.412. The number of rotatable bonds is 5. The summed E-state index contributed by atoms with van der Waals surface area (Å²) in [5.74, 6) is 1.70. The summed E-state index contributed by atoms with van der Waals surface area (Å²) >= 11 is 0.